The van der Waals surface area contributed by atoms with Crippen LogP contribution in [0.1, 0.15) is 5.69 Å². The number of amides is 1. The highest BCUT2D eigenvalue weighted by Gasteiger charge is 2.06. The summed E-state index contributed by atoms with van der Waals surface area (Å²) >= 11 is 3.33. The molecule has 0 spiro atoms. The van der Waals surface area contributed by atoms with Crippen LogP contribution in [0.3, 0.4) is 0 Å². The van der Waals surface area contributed by atoms with Crippen molar-refractivity contribution in [3.8, 4) is 5.75 Å². The van der Waals surface area contributed by atoms with Gasteiger partial charge in [-0.2, -0.15) is 0 Å². The number of anilines is 2. The third-order valence-corrected chi connectivity index (χ3v) is 3.55. The number of pyridine rings is 1. The summed E-state index contributed by atoms with van der Waals surface area (Å²) < 4.78 is 6.14. The second-order valence-electron chi connectivity index (χ2n) is 4.37. The lowest BCUT2D eigenvalue weighted by molar-refractivity contribution is -0.118. The van der Waals surface area contributed by atoms with Crippen molar-refractivity contribution in [2.75, 3.05) is 17.2 Å². The number of halogens is 1. The molecule has 2 N–H and O–H groups in total. The van der Waals surface area contributed by atoms with Crippen LogP contribution in [0.15, 0.2) is 40.9 Å². The van der Waals surface area contributed by atoms with Crippen LogP contribution in [0.4, 0.5) is 11.5 Å². The molecule has 22 heavy (non-hydrogen) atoms. The fourth-order valence-corrected chi connectivity index (χ4v) is 1.83. The first-order valence-corrected chi connectivity index (χ1v) is 7.07. The van der Waals surface area contributed by atoms with Crippen LogP contribution in [-0.2, 0) is 4.79 Å². The Hall–Kier alpha value is -2.16. The van der Waals surface area contributed by atoms with Gasteiger partial charge in [-0.15, -0.1) is 0 Å². The van der Waals surface area contributed by atoms with Gasteiger partial charge in [-0.05, 0) is 59.3 Å². The van der Waals surface area contributed by atoms with Gasteiger partial charge < -0.3 is 20.5 Å². The third-order valence-electron chi connectivity index (χ3n) is 2.72. The molecule has 8 heteroatoms. The van der Waals surface area contributed by atoms with E-state index in [2.05, 4.69) is 26.2 Å². The second kappa shape index (κ2) is 7.21. The number of rotatable bonds is 5. The highest BCUT2D eigenvalue weighted by molar-refractivity contribution is 9.10. The number of hydrogen-bond donors (Lipinski definition) is 2. The number of ether oxygens (including phenoxy) is 1. The third kappa shape index (κ3) is 4.42. The lowest BCUT2D eigenvalue weighted by atomic mass is 10.3. The molecule has 0 unspecified atom stereocenters. The van der Waals surface area contributed by atoms with Gasteiger partial charge in [0, 0.05) is 4.47 Å². The van der Waals surface area contributed by atoms with Crippen LogP contribution >= 0.6 is 15.9 Å². The van der Waals surface area contributed by atoms with E-state index in [0.717, 1.165) is 10.2 Å². The zero-order valence-corrected chi connectivity index (χ0v) is 13.2. The fourth-order valence-electron chi connectivity index (χ4n) is 1.61. The summed E-state index contributed by atoms with van der Waals surface area (Å²) in [6, 6.07) is 9.17. The quantitative estimate of drug-likeness (QED) is 0.789. The van der Waals surface area contributed by atoms with Crippen LogP contribution in [0.5, 0.6) is 5.75 Å². The lowest BCUT2D eigenvalue weighted by Gasteiger charge is -2.21. The van der Waals surface area contributed by atoms with E-state index in [9.17, 15) is 10.0 Å². The SMILES string of the molecule is Cc1nc(NC(=O)COc2ccc(N([O-])O)cc2)ccc1Br. The molecule has 0 atom stereocenters. The highest BCUT2D eigenvalue weighted by Crippen LogP contribution is 2.18. The molecule has 0 bridgehead atoms. The molecular weight excluding hydrogens is 354 g/mol. The van der Waals surface area contributed by atoms with Gasteiger partial charge in [0.05, 0.1) is 11.4 Å². The average Bonchev–Trinajstić information content (AvgIpc) is 2.49. The maximum absolute atomic E-state index is 11.8. The van der Waals surface area contributed by atoms with Crippen molar-refractivity contribution in [1.82, 2.24) is 4.98 Å². The lowest BCUT2D eigenvalue weighted by Crippen LogP contribution is -2.21. The Kier molecular flexibility index (Phi) is 5.31. The Labute approximate surface area is 135 Å². The Morgan fingerprint density at radius 3 is 2.64 bits per heavy atom. The summed E-state index contributed by atoms with van der Waals surface area (Å²) in [5.74, 6) is 0.485. The van der Waals surface area contributed by atoms with E-state index in [1.54, 1.807) is 12.1 Å². The normalized spacial score (nSPS) is 10.2. The maximum Gasteiger partial charge on any atom is 0.263 e. The number of aromatic nitrogens is 1. The van der Waals surface area contributed by atoms with Gasteiger partial charge in [0.15, 0.2) is 6.61 Å². The molecule has 0 radical (unpaired) electrons. The summed E-state index contributed by atoms with van der Waals surface area (Å²) in [4.78, 5) is 16.0. The molecule has 116 valence electrons. The molecule has 2 aromatic rings. The van der Waals surface area contributed by atoms with E-state index in [1.165, 1.54) is 24.3 Å². The van der Waals surface area contributed by atoms with E-state index >= 15 is 0 Å². The van der Waals surface area contributed by atoms with Gasteiger partial charge in [0.1, 0.15) is 11.6 Å². The number of nitrogens with one attached hydrogen (secondary N) is 1. The molecule has 2 rings (SSSR count). The number of hydrogen-bond acceptors (Lipinski definition) is 6. The molecule has 1 heterocycles. The Morgan fingerprint density at radius 1 is 1.36 bits per heavy atom. The summed E-state index contributed by atoms with van der Waals surface area (Å²) in [5, 5.41) is 21.7. The highest BCUT2D eigenvalue weighted by atomic mass is 79.9. The largest absolute Gasteiger partial charge is 0.733 e. The molecule has 1 aromatic carbocycles. The molecule has 0 aliphatic rings. The summed E-state index contributed by atoms with van der Waals surface area (Å²) in [6.45, 7) is 1.62. The van der Waals surface area contributed by atoms with Crippen molar-refractivity contribution >= 4 is 33.3 Å². The fraction of sp³-hybridized carbons (Fsp3) is 0.143. The molecular formula is C14H13BrN3O4-. The number of benzene rings is 1. The van der Waals surface area contributed by atoms with Crippen molar-refractivity contribution in [3.63, 3.8) is 0 Å². The molecule has 0 fully saturated rings. The first kappa shape index (κ1) is 16.2. The van der Waals surface area contributed by atoms with Crippen molar-refractivity contribution in [1.29, 1.82) is 0 Å². The number of aryl methyl sites for hydroxylation is 1. The zero-order chi connectivity index (χ0) is 16.1. The van der Waals surface area contributed by atoms with Crippen LogP contribution in [0, 0.1) is 12.1 Å². The van der Waals surface area contributed by atoms with Gasteiger partial charge in [0.25, 0.3) is 5.91 Å². The van der Waals surface area contributed by atoms with E-state index < -0.39 is 0 Å². The van der Waals surface area contributed by atoms with Crippen LogP contribution < -0.4 is 15.3 Å². The molecule has 0 saturated heterocycles. The summed E-state index contributed by atoms with van der Waals surface area (Å²) in [7, 11) is 0. The Balaban J connectivity index is 1.88. The van der Waals surface area contributed by atoms with Gasteiger partial charge in [-0.25, -0.2) is 4.98 Å². The summed E-state index contributed by atoms with van der Waals surface area (Å²) in [6.07, 6.45) is 0. The van der Waals surface area contributed by atoms with Crippen molar-refractivity contribution in [3.05, 3.63) is 51.8 Å². The minimum absolute atomic E-state index is 0.0753. The number of carbonyl (C=O) groups excluding carboxylic acids is 1. The predicted molar refractivity (Wildman–Crippen MR) is 84.9 cm³/mol. The molecule has 1 amide bonds. The number of carbonyl (C=O) groups is 1. The first-order chi connectivity index (χ1) is 10.5. The first-order valence-electron chi connectivity index (χ1n) is 6.27. The smallest absolute Gasteiger partial charge is 0.263 e. The standard InChI is InChI=1S/C14H13BrN3O4/c1-9-12(15)6-7-13(16-9)17-14(19)8-22-11-4-2-10(3-5-11)18(20)21/h2-7,20H,8H2,1H3,(H,16,17,19)/q-1. The van der Waals surface area contributed by atoms with Crippen LogP contribution in [0.2, 0.25) is 0 Å². The van der Waals surface area contributed by atoms with Gasteiger partial charge in [-0.1, -0.05) is 0 Å². The molecule has 0 aliphatic carbocycles. The van der Waals surface area contributed by atoms with Crippen molar-refractivity contribution in [2.24, 2.45) is 0 Å². The molecule has 0 aliphatic heterocycles. The summed E-state index contributed by atoms with van der Waals surface area (Å²) in [5.41, 5.74) is 0.840. The van der Waals surface area contributed by atoms with Crippen molar-refractivity contribution in [2.45, 2.75) is 6.92 Å². The van der Waals surface area contributed by atoms with E-state index in [0.29, 0.717) is 11.6 Å². The van der Waals surface area contributed by atoms with E-state index in [-0.39, 0.29) is 23.4 Å². The monoisotopic (exact) mass is 366 g/mol. The van der Waals surface area contributed by atoms with E-state index in [4.69, 9.17) is 9.94 Å². The molecule has 0 saturated carbocycles. The zero-order valence-electron chi connectivity index (χ0n) is 11.6. The topological polar surface area (TPSA) is 97.8 Å². The van der Waals surface area contributed by atoms with Crippen LogP contribution in [-0.4, -0.2) is 22.7 Å². The minimum atomic E-state index is -0.356. The van der Waals surface area contributed by atoms with Gasteiger partial charge in [0.2, 0.25) is 0 Å². The molecule has 1 aromatic heterocycles. The number of nitrogens with zero attached hydrogens (tertiary/aromatic N) is 2. The second-order valence-corrected chi connectivity index (χ2v) is 5.22. The molecule has 7 nitrogen and oxygen atoms in total. The Morgan fingerprint density at radius 2 is 2.05 bits per heavy atom. The average molecular weight is 367 g/mol. The van der Waals surface area contributed by atoms with Crippen LogP contribution in [0.25, 0.3) is 0 Å². The maximum atomic E-state index is 11.8. The Bertz CT molecular complexity index is 662. The van der Waals surface area contributed by atoms with Crippen molar-refractivity contribution < 1.29 is 14.7 Å². The van der Waals surface area contributed by atoms with Gasteiger partial charge >= 0.3 is 0 Å². The predicted octanol–water partition coefficient (Wildman–Crippen LogP) is 2.86. The minimum Gasteiger partial charge on any atom is -0.733 e. The van der Waals surface area contributed by atoms with Gasteiger partial charge in [-0.3, -0.25) is 10.0 Å². The van der Waals surface area contributed by atoms with E-state index in [1.807, 2.05) is 6.92 Å².